The molecular weight excluding hydrogens is 235 g/mol. The monoisotopic (exact) mass is 250 g/mol. The topological polar surface area (TPSA) is 69.2 Å². The molecule has 1 aliphatic rings. The average Bonchev–Trinajstić information content (AvgIpc) is 2.30. The van der Waals surface area contributed by atoms with Crippen LogP contribution in [0.2, 0.25) is 0 Å². The molecule has 2 rings (SSSR count). The summed E-state index contributed by atoms with van der Waals surface area (Å²) in [5.74, 6) is -0.424. The molecule has 0 fully saturated rings. The van der Waals surface area contributed by atoms with E-state index in [9.17, 15) is 14.5 Å². The molecule has 1 aromatic rings. The van der Waals surface area contributed by atoms with Crippen LogP contribution in [-0.2, 0) is 0 Å². The van der Waals surface area contributed by atoms with Crippen molar-refractivity contribution in [1.82, 2.24) is 0 Å². The summed E-state index contributed by atoms with van der Waals surface area (Å²) in [5.41, 5.74) is 6.76. The Labute approximate surface area is 104 Å². The van der Waals surface area contributed by atoms with E-state index in [-0.39, 0.29) is 11.2 Å². The molecule has 0 bridgehead atoms. The molecule has 5 heteroatoms. The van der Waals surface area contributed by atoms with Crippen molar-refractivity contribution in [3.63, 3.8) is 0 Å². The van der Waals surface area contributed by atoms with Crippen molar-refractivity contribution in [2.75, 3.05) is 0 Å². The van der Waals surface area contributed by atoms with Gasteiger partial charge in [0.15, 0.2) is 0 Å². The van der Waals surface area contributed by atoms with E-state index in [0.717, 1.165) is 18.1 Å². The second-order valence-electron chi connectivity index (χ2n) is 5.01. The fraction of sp³-hybridized carbons (Fsp3) is 0.385. The number of halogens is 1. The molecule has 0 aromatic heterocycles. The van der Waals surface area contributed by atoms with Gasteiger partial charge in [-0.2, -0.15) is 0 Å². The number of nitrogens with zero attached hydrogens (tertiary/aromatic N) is 1. The number of hydrogen-bond acceptors (Lipinski definition) is 3. The van der Waals surface area contributed by atoms with Crippen LogP contribution in [0.3, 0.4) is 0 Å². The highest BCUT2D eigenvalue weighted by Gasteiger charge is 2.24. The fourth-order valence-corrected chi connectivity index (χ4v) is 2.10. The summed E-state index contributed by atoms with van der Waals surface area (Å²) in [5, 5.41) is 10.7. The van der Waals surface area contributed by atoms with Gasteiger partial charge < -0.3 is 5.73 Å². The molecule has 0 spiro atoms. The minimum Gasteiger partial charge on any atom is -0.325 e. The van der Waals surface area contributed by atoms with Gasteiger partial charge in [0.25, 0.3) is 5.69 Å². The fourth-order valence-electron chi connectivity index (χ4n) is 2.10. The summed E-state index contributed by atoms with van der Waals surface area (Å²) in [7, 11) is 0. The third kappa shape index (κ3) is 2.56. The van der Waals surface area contributed by atoms with Crippen LogP contribution in [0.15, 0.2) is 24.3 Å². The number of nitro groups is 1. The Morgan fingerprint density at radius 1 is 1.50 bits per heavy atom. The average molecular weight is 250 g/mol. The highest BCUT2D eigenvalue weighted by molar-refractivity contribution is 5.69. The van der Waals surface area contributed by atoms with E-state index in [2.05, 4.69) is 0 Å². The van der Waals surface area contributed by atoms with Crippen molar-refractivity contribution in [2.24, 2.45) is 5.73 Å². The largest absolute Gasteiger partial charge is 0.325 e. The van der Waals surface area contributed by atoms with Gasteiger partial charge in [-0.25, -0.2) is 4.39 Å². The molecule has 0 saturated heterocycles. The van der Waals surface area contributed by atoms with Crippen molar-refractivity contribution in [3.05, 3.63) is 45.8 Å². The molecule has 1 unspecified atom stereocenters. The van der Waals surface area contributed by atoms with Gasteiger partial charge in [-0.15, -0.1) is 0 Å². The van der Waals surface area contributed by atoms with Crippen molar-refractivity contribution >= 4 is 11.3 Å². The second kappa shape index (κ2) is 4.49. The first kappa shape index (κ1) is 12.7. The van der Waals surface area contributed by atoms with E-state index in [1.165, 1.54) is 12.1 Å². The summed E-state index contributed by atoms with van der Waals surface area (Å²) in [4.78, 5) is 10.2. The van der Waals surface area contributed by atoms with Gasteiger partial charge in [0.05, 0.1) is 4.92 Å². The van der Waals surface area contributed by atoms with Crippen molar-refractivity contribution < 1.29 is 9.31 Å². The van der Waals surface area contributed by atoms with Crippen LogP contribution < -0.4 is 5.73 Å². The quantitative estimate of drug-likeness (QED) is 0.648. The first-order valence-electron chi connectivity index (χ1n) is 5.81. The summed E-state index contributed by atoms with van der Waals surface area (Å²) in [6.07, 6.45) is 3.93. The van der Waals surface area contributed by atoms with Gasteiger partial charge in [0, 0.05) is 23.2 Å². The Balaban J connectivity index is 2.37. The maximum absolute atomic E-state index is 13.7. The number of allylic oxidation sites excluding steroid dienone is 1. The lowest BCUT2D eigenvalue weighted by Crippen LogP contribution is -2.37. The normalized spacial score (nSPS) is 23.6. The third-order valence-corrected chi connectivity index (χ3v) is 3.29. The summed E-state index contributed by atoms with van der Waals surface area (Å²) in [6, 6.07) is 3.61. The molecule has 0 amide bonds. The summed E-state index contributed by atoms with van der Waals surface area (Å²) in [6.45, 7) is 1.95. The van der Waals surface area contributed by atoms with Gasteiger partial charge in [-0.3, -0.25) is 10.1 Å². The Morgan fingerprint density at radius 3 is 2.78 bits per heavy atom. The highest BCUT2D eigenvalue weighted by atomic mass is 19.1. The highest BCUT2D eigenvalue weighted by Crippen LogP contribution is 2.33. The van der Waals surface area contributed by atoms with Gasteiger partial charge in [-0.05, 0) is 37.8 Å². The predicted octanol–water partition coefficient (Wildman–Crippen LogP) is 3.02. The molecule has 0 radical (unpaired) electrons. The molecule has 18 heavy (non-hydrogen) atoms. The van der Waals surface area contributed by atoms with Crippen LogP contribution in [0, 0.1) is 15.9 Å². The van der Waals surface area contributed by atoms with E-state index in [1.54, 1.807) is 0 Å². The molecule has 0 saturated carbocycles. The van der Waals surface area contributed by atoms with Crippen LogP contribution >= 0.6 is 0 Å². The van der Waals surface area contributed by atoms with Gasteiger partial charge in [0.1, 0.15) is 5.82 Å². The maximum atomic E-state index is 13.7. The summed E-state index contributed by atoms with van der Waals surface area (Å²) >= 11 is 0. The molecule has 1 aliphatic carbocycles. The number of benzene rings is 1. The van der Waals surface area contributed by atoms with Crippen LogP contribution in [0.5, 0.6) is 0 Å². The first-order valence-corrected chi connectivity index (χ1v) is 5.81. The number of non-ortho nitro benzene ring substituents is 1. The number of nitrogens with two attached hydrogens (primary N) is 1. The Morgan fingerprint density at radius 2 is 2.22 bits per heavy atom. The Bertz CT molecular complexity index is 524. The van der Waals surface area contributed by atoms with Crippen molar-refractivity contribution in [2.45, 2.75) is 31.7 Å². The Hall–Kier alpha value is -1.75. The van der Waals surface area contributed by atoms with Gasteiger partial charge in [-0.1, -0.05) is 6.08 Å². The minimum atomic E-state index is -0.515. The zero-order chi connectivity index (χ0) is 13.3. The van der Waals surface area contributed by atoms with Crippen LogP contribution in [0.1, 0.15) is 31.7 Å². The molecule has 0 aliphatic heterocycles. The predicted molar refractivity (Wildman–Crippen MR) is 67.5 cm³/mol. The van der Waals surface area contributed by atoms with E-state index < -0.39 is 10.7 Å². The number of nitro benzene ring substituents is 1. The lowest BCUT2D eigenvalue weighted by Gasteiger charge is -2.28. The van der Waals surface area contributed by atoms with Crippen molar-refractivity contribution in [3.8, 4) is 0 Å². The van der Waals surface area contributed by atoms with E-state index in [0.29, 0.717) is 18.4 Å². The maximum Gasteiger partial charge on any atom is 0.270 e. The molecule has 1 atom stereocenters. The zero-order valence-corrected chi connectivity index (χ0v) is 10.1. The second-order valence-corrected chi connectivity index (χ2v) is 5.01. The van der Waals surface area contributed by atoms with Gasteiger partial charge in [0.2, 0.25) is 0 Å². The Kier molecular flexibility index (Phi) is 3.17. The number of hydrogen-bond donors (Lipinski definition) is 1. The van der Waals surface area contributed by atoms with Gasteiger partial charge >= 0.3 is 0 Å². The third-order valence-electron chi connectivity index (χ3n) is 3.29. The lowest BCUT2D eigenvalue weighted by molar-refractivity contribution is -0.384. The van der Waals surface area contributed by atoms with Crippen molar-refractivity contribution in [1.29, 1.82) is 0 Å². The van der Waals surface area contributed by atoms with Crippen LogP contribution in [0.4, 0.5) is 10.1 Å². The molecule has 1 aromatic carbocycles. The van der Waals surface area contributed by atoms with Crippen LogP contribution in [0.25, 0.3) is 5.57 Å². The molecule has 96 valence electrons. The lowest BCUT2D eigenvalue weighted by atomic mass is 9.82. The van der Waals surface area contributed by atoms with Crippen LogP contribution in [-0.4, -0.2) is 10.5 Å². The van der Waals surface area contributed by atoms with E-state index in [4.69, 9.17) is 5.73 Å². The molecular formula is C13H15FN2O2. The molecule has 4 nitrogen and oxygen atoms in total. The zero-order valence-electron chi connectivity index (χ0n) is 10.1. The van der Waals surface area contributed by atoms with E-state index in [1.807, 2.05) is 13.0 Å². The number of rotatable bonds is 2. The SMILES string of the molecule is CC1(N)CC=C(c2cc([N+](=O)[O-])ccc2F)CC1. The first-order chi connectivity index (χ1) is 8.39. The standard InChI is InChI=1S/C13H15FN2O2/c1-13(15)6-4-9(5-7-13)11-8-10(16(17)18)2-3-12(11)14/h2-4,8H,5-7,15H2,1H3. The summed E-state index contributed by atoms with van der Waals surface area (Å²) < 4.78 is 13.7. The minimum absolute atomic E-state index is 0.0895. The smallest absolute Gasteiger partial charge is 0.270 e. The van der Waals surface area contributed by atoms with E-state index >= 15 is 0 Å². The molecule has 0 heterocycles. The molecule has 2 N–H and O–H groups in total.